The number of hydrogen-bond donors (Lipinski definition) is 2. The van der Waals surface area contributed by atoms with Crippen molar-refractivity contribution in [2.24, 2.45) is 0 Å². The molecule has 0 radical (unpaired) electrons. The molecule has 2 aromatic carbocycles. The van der Waals surface area contributed by atoms with Gasteiger partial charge in [0.1, 0.15) is 23.0 Å². The highest BCUT2D eigenvalue weighted by Crippen LogP contribution is 2.32. The molecule has 0 aliphatic rings. The number of anilines is 1. The number of fused-ring (bicyclic) bond motifs is 1. The van der Waals surface area contributed by atoms with Crippen molar-refractivity contribution in [1.29, 1.82) is 0 Å². The number of aromatic carboxylic acids is 1. The van der Waals surface area contributed by atoms with E-state index in [0.717, 1.165) is 29.8 Å². The lowest BCUT2D eigenvalue weighted by molar-refractivity contribution is -0.142. The third-order valence-corrected chi connectivity index (χ3v) is 4.59. The van der Waals surface area contributed by atoms with E-state index in [4.69, 9.17) is 22.1 Å². The van der Waals surface area contributed by atoms with Crippen LogP contribution < -0.4 is 11.2 Å². The van der Waals surface area contributed by atoms with E-state index < -0.39 is 57.4 Å². The van der Waals surface area contributed by atoms with Crippen molar-refractivity contribution in [3.63, 3.8) is 0 Å². The quantitative estimate of drug-likeness (QED) is 0.365. The van der Waals surface area contributed by atoms with E-state index in [-0.39, 0.29) is 22.5 Å². The van der Waals surface area contributed by atoms with Gasteiger partial charge in [0.25, 0.3) is 0 Å². The van der Waals surface area contributed by atoms with Crippen LogP contribution in [0, 0.1) is 17.5 Å². The Bertz CT molecular complexity index is 1290. The van der Waals surface area contributed by atoms with Crippen LogP contribution in [0.1, 0.15) is 22.8 Å². The molecule has 3 N–H and O–H groups in total. The van der Waals surface area contributed by atoms with Crippen molar-refractivity contribution in [3.05, 3.63) is 68.2 Å². The minimum absolute atomic E-state index is 0.000937. The van der Waals surface area contributed by atoms with Crippen LogP contribution in [0.25, 0.3) is 16.6 Å². The first-order valence-corrected chi connectivity index (χ1v) is 8.58. The van der Waals surface area contributed by atoms with Gasteiger partial charge in [0, 0.05) is 18.7 Å². The summed E-state index contributed by atoms with van der Waals surface area (Å²) in [6.07, 6.45) is 0.820. The monoisotopic (exact) mass is 440 g/mol. The molecule has 0 amide bonds. The van der Waals surface area contributed by atoms with Gasteiger partial charge < -0.3 is 20.1 Å². The number of carbonyl (C=O) groups is 2. The number of nitrogens with two attached hydrogens (primary N) is 1. The topological polar surface area (TPSA) is 112 Å². The molecule has 0 fully saturated rings. The third kappa shape index (κ3) is 3.57. The molecule has 1 heterocycles. The molecule has 0 unspecified atom stereocenters. The summed E-state index contributed by atoms with van der Waals surface area (Å²) in [4.78, 5) is 35.2. The van der Waals surface area contributed by atoms with Gasteiger partial charge in [-0.2, -0.15) is 0 Å². The minimum Gasteiger partial charge on any atom is -0.477 e. The number of aromatic nitrogens is 1. The Kier molecular flexibility index (Phi) is 5.45. The fourth-order valence-electron chi connectivity index (χ4n) is 2.87. The number of nitrogens with zero attached hydrogens (tertiary/aromatic N) is 1. The zero-order valence-electron chi connectivity index (χ0n) is 15.1. The molecular weight excluding hydrogens is 429 g/mol. The Hall–Kier alpha value is -3.53. The lowest BCUT2D eigenvalue weighted by Gasteiger charge is -2.18. The van der Waals surface area contributed by atoms with Gasteiger partial charge in [0.2, 0.25) is 5.43 Å². The lowest BCUT2D eigenvalue weighted by Crippen LogP contribution is -2.20. The first-order chi connectivity index (χ1) is 14.0. The molecule has 30 heavy (non-hydrogen) atoms. The molecule has 3 aromatic rings. The normalized spacial score (nSPS) is 11.0. The van der Waals surface area contributed by atoms with Crippen LogP contribution >= 0.6 is 11.6 Å². The molecule has 11 heteroatoms. The average molecular weight is 441 g/mol. The van der Waals surface area contributed by atoms with Crippen LogP contribution in [-0.2, 0) is 16.1 Å². The lowest BCUT2D eigenvalue weighted by atomic mass is 10.1. The summed E-state index contributed by atoms with van der Waals surface area (Å²) < 4.78 is 47.9. The zero-order chi connectivity index (χ0) is 22.3. The Labute approximate surface area is 171 Å². The van der Waals surface area contributed by atoms with Gasteiger partial charge in [0.05, 0.1) is 22.3 Å². The van der Waals surface area contributed by atoms with Crippen LogP contribution in [0.15, 0.2) is 29.2 Å². The van der Waals surface area contributed by atoms with Crippen LogP contribution in [0.4, 0.5) is 18.9 Å². The predicted molar refractivity (Wildman–Crippen MR) is 101 cm³/mol. The Balaban J connectivity index is 2.50. The number of carboxylic acids is 1. The predicted octanol–water partition coefficient (Wildman–Crippen LogP) is 3.40. The van der Waals surface area contributed by atoms with Crippen LogP contribution in [0.5, 0.6) is 0 Å². The fraction of sp³-hybridized carbons (Fsp3) is 0.105. The highest BCUT2D eigenvalue weighted by Gasteiger charge is 2.23. The standard InChI is InChI=1S/C19H12ClF3N2O5/c1-7(26)30-6-8-2-11(21)13(24)4-14(8)25-5-10(19(28)29)18(27)9-3-12(22)16(23)15(20)17(9)25/h2-5H,6,24H2,1H3,(H,28,29). The molecule has 156 valence electrons. The molecular formula is C19H12ClF3N2O5. The number of carboxylic acid groups (broad SMARTS) is 1. The van der Waals surface area contributed by atoms with E-state index in [1.54, 1.807) is 0 Å². The maximum atomic E-state index is 14.2. The molecule has 0 spiro atoms. The van der Waals surface area contributed by atoms with Gasteiger partial charge >= 0.3 is 11.9 Å². The van der Waals surface area contributed by atoms with Gasteiger partial charge in [-0.25, -0.2) is 18.0 Å². The number of rotatable bonds is 4. The number of hydrogen-bond acceptors (Lipinski definition) is 5. The molecule has 7 nitrogen and oxygen atoms in total. The largest absolute Gasteiger partial charge is 0.477 e. The number of pyridine rings is 1. The van der Waals surface area contributed by atoms with E-state index in [1.165, 1.54) is 0 Å². The van der Waals surface area contributed by atoms with Gasteiger partial charge in [0.15, 0.2) is 11.6 Å². The van der Waals surface area contributed by atoms with E-state index in [1.807, 2.05) is 0 Å². The minimum atomic E-state index is -1.65. The second-order valence-corrected chi connectivity index (χ2v) is 6.59. The summed E-state index contributed by atoms with van der Waals surface area (Å²) in [5.41, 5.74) is 2.90. The first-order valence-electron chi connectivity index (χ1n) is 8.20. The summed E-state index contributed by atoms with van der Waals surface area (Å²) in [7, 11) is 0. The highest BCUT2D eigenvalue weighted by molar-refractivity contribution is 6.35. The molecule has 0 atom stereocenters. The van der Waals surface area contributed by atoms with E-state index in [0.29, 0.717) is 6.07 Å². The highest BCUT2D eigenvalue weighted by atomic mass is 35.5. The molecule has 0 saturated carbocycles. The number of nitrogen functional groups attached to an aromatic ring is 1. The Morgan fingerprint density at radius 2 is 1.87 bits per heavy atom. The SMILES string of the molecule is CC(=O)OCc1cc(F)c(N)cc1-n1cc(C(=O)O)c(=O)c2cc(F)c(F)c(Cl)c21. The number of benzene rings is 2. The smallest absolute Gasteiger partial charge is 0.341 e. The fourth-order valence-corrected chi connectivity index (χ4v) is 3.16. The molecule has 3 rings (SSSR count). The Morgan fingerprint density at radius 1 is 1.20 bits per heavy atom. The number of halogens is 4. The van der Waals surface area contributed by atoms with Crippen LogP contribution in [-0.4, -0.2) is 21.6 Å². The molecule has 0 saturated heterocycles. The van der Waals surface area contributed by atoms with Crippen LogP contribution in [0.3, 0.4) is 0 Å². The van der Waals surface area contributed by atoms with E-state index >= 15 is 0 Å². The van der Waals surface area contributed by atoms with E-state index in [2.05, 4.69) is 0 Å². The average Bonchev–Trinajstić information content (AvgIpc) is 2.67. The van der Waals surface area contributed by atoms with Crippen LogP contribution in [0.2, 0.25) is 5.02 Å². The number of ether oxygens (including phenoxy) is 1. The van der Waals surface area contributed by atoms with Gasteiger partial charge in [-0.15, -0.1) is 0 Å². The van der Waals surface area contributed by atoms with Gasteiger partial charge in [-0.05, 0) is 18.2 Å². The van der Waals surface area contributed by atoms with Crippen molar-refractivity contribution in [1.82, 2.24) is 4.57 Å². The Morgan fingerprint density at radius 3 is 2.47 bits per heavy atom. The summed E-state index contributed by atoms with van der Waals surface area (Å²) in [5.74, 6) is -6.14. The van der Waals surface area contributed by atoms with Gasteiger partial charge in [-0.1, -0.05) is 11.6 Å². The second kappa shape index (κ2) is 7.71. The summed E-state index contributed by atoms with van der Waals surface area (Å²) >= 11 is 5.93. The molecule has 1 aromatic heterocycles. The van der Waals surface area contributed by atoms with Crippen molar-refractivity contribution >= 4 is 40.1 Å². The summed E-state index contributed by atoms with van der Waals surface area (Å²) in [6, 6.07) is 2.49. The molecule has 0 aliphatic heterocycles. The zero-order valence-corrected chi connectivity index (χ0v) is 15.9. The number of esters is 1. The number of carbonyl (C=O) groups excluding carboxylic acids is 1. The first kappa shape index (κ1) is 21.2. The second-order valence-electron chi connectivity index (χ2n) is 6.21. The van der Waals surface area contributed by atoms with Crippen molar-refractivity contribution < 1.29 is 32.6 Å². The summed E-state index contributed by atoms with van der Waals surface area (Å²) in [6.45, 7) is 0.652. The van der Waals surface area contributed by atoms with Gasteiger partial charge in [-0.3, -0.25) is 9.59 Å². The van der Waals surface area contributed by atoms with Crippen molar-refractivity contribution in [2.75, 3.05) is 5.73 Å². The summed E-state index contributed by atoms with van der Waals surface area (Å²) in [5, 5.41) is 8.03. The van der Waals surface area contributed by atoms with Crippen molar-refractivity contribution in [3.8, 4) is 5.69 Å². The third-order valence-electron chi connectivity index (χ3n) is 4.24. The molecule has 0 aliphatic carbocycles. The maximum Gasteiger partial charge on any atom is 0.341 e. The maximum absolute atomic E-state index is 14.2. The van der Waals surface area contributed by atoms with Crippen molar-refractivity contribution in [2.45, 2.75) is 13.5 Å². The molecule has 0 bridgehead atoms. The van der Waals surface area contributed by atoms with E-state index in [9.17, 15) is 32.7 Å².